The Hall–Kier alpha value is -4.04. The van der Waals surface area contributed by atoms with E-state index < -0.39 is 46.5 Å². The van der Waals surface area contributed by atoms with E-state index >= 15 is 9.18 Å². The normalized spacial score (nSPS) is 18.7. The highest BCUT2D eigenvalue weighted by Crippen LogP contribution is 2.46. The Morgan fingerprint density at radius 2 is 1.88 bits per heavy atom. The molecular weight excluding hydrogens is 709 g/mol. The number of carbonyl (C=O) groups is 3. The van der Waals surface area contributed by atoms with Gasteiger partial charge in [0.25, 0.3) is 5.91 Å². The molecule has 12 nitrogen and oxygen atoms in total. The van der Waals surface area contributed by atoms with Crippen LogP contribution in [0.5, 0.6) is 0 Å². The fourth-order valence-electron chi connectivity index (χ4n) is 5.51. The van der Waals surface area contributed by atoms with Crippen LogP contribution in [0.15, 0.2) is 52.2 Å². The van der Waals surface area contributed by atoms with Crippen LogP contribution in [0.2, 0.25) is 5.02 Å². The molecule has 1 aromatic heterocycles. The van der Waals surface area contributed by atoms with Crippen molar-refractivity contribution in [2.75, 3.05) is 6.61 Å². The number of aromatic amines is 1. The van der Waals surface area contributed by atoms with Crippen molar-refractivity contribution in [1.82, 2.24) is 30.7 Å². The lowest BCUT2D eigenvalue weighted by Gasteiger charge is -2.35. The number of benzene rings is 2. The van der Waals surface area contributed by atoms with Crippen LogP contribution >= 0.6 is 27.5 Å². The van der Waals surface area contributed by atoms with Crippen LogP contribution in [0, 0.1) is 11.2 Å². The average Bonchev–Trinajstić information content (AvgIpc) is 3.52. The lowest BCUT2D eigenvalue weighted by molar-refractivity contribution is -0.135. The van der Waals surface area contributed by atoms with E-state index in [-0.39, 0.29) is 30.6 Å². The number of amides is 3. The Morgan fingerprint density at radius 3 is 2.48 bits per heavy atom. The van der Waals surface area contributed by atoms with Gasteiger partial charge < -0.3 is 14.8 Å². The SMILES string of the molecule is CC(C)(C)C[C@]1(c2ccc(Br)cc2F)N=C(NC(=O)OC(C)(C)C)N(C(COC(=O)NC2CC2)c2ccc(Cl)c(-c3ncn[nH]3)c2)C1=O. The van der Waals surface area contributed by atoms with Crippen LogP contribution in [-0.2, 0) is 19.8 Å². The highest BCUT2D eigenvalue weighted by Gasteiger charge is 2.55. The van der Waals surface area contributed by atoms with Gasteiger partial charge in [-0.25, -0.2) is 24.0 Å². The van der Waals surface area contributed by atoms with Gasteiger partial charge in [0.1, 0.15) is 24.4 Å². The van der Waals surface area contributed by atoms with Crippen LogP contribution < -0.4 is 10.6 Å². The van der Waals surface area contributed by atoms with E-state index in [0.717, 1.165) is 12.8 Å². The minimum atomic E-state index is -1.82. The van der Waals surface area contributed by atoms with Gasteiger partial charge in [0, 0.05) is 21.6 Å². The molecule has 15 heteroatoms. The summed E-state index contributed by atoms with van der Waals surface area (Å²) in [5.41, 5.74) is -2.32. The molecule has 5 rings (SSSR count). The Kier molecular flexibility index (Phi) is 9.89. The molecule has 3 N–H and O–H groups in total. The Balaban J connectivity index is 1.68. The van der Waals surface area contributed by atoms with E-state index in [1.807, 2.05) is 20.8 Å². The molecule has 2 heterocycles. The number of hydrogen-bond acceptors (Lipinski definition) is 8. The van der Waals surface area contributed by atoms with E-state index in [1.165, 1.54) is 23.4 Å². The number of aliphatic imine (C=N–C) groups is 1. The first-order valence-corrected chi connectivity index (χ1v) is 16.6. The summed E-state index contributed by atoms with van der Waals surface area (Å²) >= 11 is 9.85. The number of H-pyrrole nitrogens is 1. The van der Waals surface area contributed by atoms with Gasteiger partial charge in [-0.1, -0.05) is 60.4 Å². The number of nitrogens with one attached hydrogen (secondary N) is 3. The molecule has 1 saturated carbocycles. The fourth-order valence-corrected chi connectivity index (χ4v) is 6.05. The maximum Gasteiger partial charge on any atom is 0.414 e. The summed E-state index contributed by atoms with van der Waals surface area (Å²) in [5, 5.41) is 12.5. The molecular formula is C33H38BrClFN7O5. The Labute approximate surface area is 291 Å². The predicted molar refractivity (Wildman–Crippen MR) is 181 cm³/mol. The van der Waals surface area contributed by atoms with Crippen molar-refractivity contribution in [3.05, 3.63) is 69.2 Å². The molecule has 0 radical (unpaired) electrons. The van der Waals surface area contributed by atoms with Crippen molar-refractivity contribution < 1.29 is 28.2 Å². The molecule has 0 spiro atoms. The van der Waals surface area contributed by atoms with Gasteiger partial charge in [-0.3, -0.25) is 20.1 Å². The van der Waals surface area contributed by atoms with E-state index in [2.05, 4.69) is 41.7 Å². The van der Waals surface area contributed by atoms with Crippen LogP contribution in [0.1, 0.15) is 78.0 Å². The summed E-state index contributed by atoms with van der Waals surface area (Å²) < 4.78 is 27.6. The maximum absolute atomic E-state index is 15.9. The molecule has 2 aliphatic rings. The number of alkyl carbamates (subject to hydrolysis) is 2. The number of carbonyl (C=O) groups excluding carboxylic acids is 3. The van der Waals surface area contributed by atoms with Crippen LogP contribution in [0.4, 0.5) is 14.0 Å². The average molecular weight is 747 g/mol. The largest absolute Gasteiger partial charge is 0.447 e. The summed E-state index contributed by atoms with van der Waals surface area (Å²) in [6.07, 6.45) is 1.52. The molecule has 0 bridgehead atoms. The topological polar surface area (TPSA) is 151 Å². The summed E-state index contributed by atoms with van der Waals surface area (Å²) in [6.45, 7) is 10.4. The number of rotatable bonds is 8. The molecule has 2 atom stereocenters. The number of nitrogens with zero attached hydrogens (tertiary/aromatic N) is 4. The lowest BCUT2D eigenvalue weighted by atomic mass is 9.75. The van der Waals surface area contributed by atoms with Gasteiger partial charge in [0.2, 0.25) is 5.96 Å². The first-order valence-electron chi connectivity index (χ1n) is 15.4. The van der Waals surface area contributed by atoms with Crippen molar-refractivity contribution in [3.8, 4) is 11.4 Å². The van der Waals surface area contributed by atoms with Crippen molar-refractivity contribution in [2.24, 2.45) is 10.4 Å². The third-order valence-corrected chi connectivity index (χ3v) is 8.32. The first kappa shape index (κ1) is 35.3. The number of hydrogen-bond donors (Lipinski definition) is 3. The van der Waals surface area contributed by atoms with Crippen molar-refractivity contribution in [3.63, 3.8) is 0 Å². The van der Waals surface area contributed by atoms with Crippen molar-refractivity contribution in [1.29, 1.82) is 0 Å². The van der Waals surface area contributed by atoms with E-state index in [0.29, 0.717) is 26.4 Å². The smallest absolute Gasteiger partial charge is 0.414 e. The molecule has 0 saturated heterocycles. The molecule has 1 fully saturated rings. The highest BCUT2D eigenvalue weighted by atomic mass is 79.9. The summed E-state index contributed by atoms with van der Waals surface area (Å²) in [6, 6.07) is 8.29. The molecule has 2 aromatic carbocycles. The third-order valence-electron chi connectivity index (χ3n) is 7.50. The van der Waals surface area contributed by atoms with Gasteiger partial charge >= 0.3 is 12.2 Å². The van der Waals surface area contributed by atoms with Gasteiger partial charge in [-0.05, 0) is 75.3 Å². The van der Waals surface area contributed by atoms with Crippen LogP contribution in [-0.4, -0.2) is 62.4 Å². The van der Waals surface area contributed by atoms with Crippen LogP contribution in [0.3, 0.4) is 0 Å². The summed E-state index contributed by atoms with van der Waals surface area (Å²) in [7, 11) is 0. The first-order chi connectivity index (χ1) is 22.5. The van der Waals surface area contributed by atoms with E-state index in [9.17, 15) is 9.59 Å². The van der Waals surface area contributed by atoms with E-state index in [1.54, 1.807) is 45.0 Å². The number of halogens is 3. The molecule has 1 aliphatic carbocycles. The minimum Gasteiger partial charge on any atom is -0.447 e. The monoisotopic (exact) mass is 745 g/mol. The second-order valence-corrected chi connectivity index (χ2v) is 15.4. The molecule has 1 unspecified atom stereocenters. The quantitative estimate of drug-likeness (QED) is 0.224. The Bertz CT molecular complexity index is 1740. The minimum absolute atomic E-state index is 0.0150. The van der Waals surface area contributed by atoms with Gasteiger partial charge in [-0.2, -0.15) is 5.10 Å². The van der Waals surface area contributed by atoms with Crippen molar-refractivity contribution >= 4 is 51.6 Å². The molecule has 256 valence electrons. The summed E-state index contributed by atoms with van der Waals surface area (Å²) in [4.78, 5) is 51.4. The lowest BCUT2D eigenvalue weighted by Crippen LogP contribution is -2.50. The number of aromatic nitrogens is 3. The zero-order valence-corrected chi connectivity index (χ0v) is 29.8. The number of guanidine groups is 1. The second-order valence-electron chi connectivity index (χ2n) is 14.1. The predicted octanol–water partition coefficient (Wildman–Crippen LogP) is 7.01. The van der Waals surface area contributed by atoms with Crippen LogP contribution in [0.25, 0.3) is 11.4 Å². The van der Waals surface area contributed by atoms with Gasteiger partial charge in [0.15, 0.2) is 11.4 Å². The summed E-state index contributed by atoms with van der Waals surface area (Å²) in [5.74, 6) is -1.15. The standard InChI is InChI=1S/C33H38BrClFN7O5/c1-31(2,3)16-33(22-11-8-19(34)14-24(22)36)27(44)43(28(41-33)40-30(46)48-32(4,5)6)25(15-47-29(45)39-20-9-10-20)18-7-12-23(35)21(13-18)26-37-17-38-42-26/h7-8,11-14,17,20,25H,9-10,15-16H2,1-6H3,(H,39,45)(H,37,38,42)(H,40,41,46)/t25?,33-/m1/s1. The molecule has 1 aliphatic heterocycles. The van der Waals surface area contributed by atoms with Crippen molar-refractivity contribution in [2.45, 2.75) is 84.0 Å². The zero-order valence-electron chi connectivity index (χ0n) is 27.5. The number of ether oxygens (including phenoxy) is 2. The Morgan fingerprint density at radius 1 is 1.15 bits per heavy atom. The molecule has 48 heavy (non-hydrogen) atoms. The van der Waals surface area contributed by atoms with Gasteiger partial charge in [-0.15, -0.1) is 0 Å². The molecule has 3 aromatic rings. The maximum atomic E-state index is 15.9. The third kappa shape index (κ3) is 8.15. The molecule has 3 amide bonds. The second kappa shape index (κ2) is 13.5. The van der Waals surface area contributed by atoms with Gasteiger partial charge in [0.05, 0.1) is 11.1 Å². The fraction of sp³-hybridized carbons (Fsp3) is 0.455. The highest BCUT2D eigenvalue weighted by molar-refractivity contribution is 9.10. The van der Waals surface area contributed by atoms with E-state index in [4.69, 9.17) is 26.1 Å². The zero-order chi connectivity index (χ0) is 35.0.